The highest BCUT2D eigenvalue weighted by molar-refractivity contribution is 7.19. The number of nitrogens with one attached hydrogen (secondary N) is 3. The fourth-order valence-corrected chi connectivity index (χ4v) is 6.20. The SMILES string of the molecule is O=C(NCC1CCc2c(sc3ncnc(Nc4ccc5[nH]ncc5c4)c23)C1)[C@H](O)Cc1ccccc1. The number of aliphatic hydroxyl groups excluding tert-OH is 1. The van der Waals surface area contributed by atoms with Crippen molar-refractivity contribution in [1.29, 1.82) is 0 Å². The Morgan fingerprint density at radius 1 is 1.19 bits per heavy atom. The van der Waals surface area contributed by atoms with E-state index in [0.717, 1.165) is 57.5 Å². The lowest BCUT2D eigenvalue weighted by Crippen LogP contribution is -2.39. The molecule has 0 bridgehead atoms. The van der Waals surface area contributed by atoms with Gasteiger partial charge in [-0.05, 0) is 54.5 Å². The van der Waals surface area contributed by atoms with Gasteiger partial charge in [-0.2, -0.15) is 5.10 Å². The van der Waals surface area contributed by atoms with E-state index in [-0.39, 0.29) is 5.91 Å². The van der Waals surface area contributed by atoms with Crippen LogP contribution in [0.5, 0.6) is 0 Å². The largest absolute Gasteiger partial charge is 0.383 e. The average molecular weight is 499 g/mol. The molecule has 2 atom stereocenters. The molecule has 0 fully saturated rings. The molecule has 1 aliphatic rings. The maximum absolute atomic E-state index is 12.5. The fraction of sp³-hybridized carbons (Fsp3) is 0.259. The zero-order valence-electron chi connectivity index (χ0n) is 19.6. The molecule has 1 aliphatic carbocycles. The summed E-state index contributed by atoms with van der Waals surface area (Å²) in [7, 11) is 0. The van der Waals surface area contributed by atoms with Crippen molar-refractivity contribution in [2.45, 2.75) is 31.8 Å². The highest BCUT2D eigenvalue weighted by Crippen LogP contribution is 2.40. The minimum atomic E-state index is -1.04. The Kier molecular flexibility index (Phi) is 6.08. The Hall–Kier alpha value is -3.82. The molecule has 0 radical (unpaired) electrons. The number of aromatic nitrogens is 4. The number of aryl methyl sites for hydroxylation is 1. The summed E-state index contributed by atoms with van der Waals surface area (Å²) in [4.78, 5) is 23.8. The first-order valence-electron chi connectivity index (χ1n) is 12.1. The number of aromatic amines is 1. The zero-order valence-corrected chi connectivity index (χ0v) is 20.4. The smallest absolute Gasteiger partial charge is 0.249 e. The van der Waals surface area contributed by atoms with Gasteiger partial charge < -0.3 is 15.7 Å². The van der Waals surface area contributed by atoms with E-state index >= 15 is 0 Å². The molecular formula is C27H26N6O2S. The molecule has 0 saturated carbocycles. The Labute approximate surface area is 211 Å². The number of amides is 1. The van der Waals surface area contributed by atoms with E-state index in [9.17, 15) is 9.90 Å². The minimum Gasteiger partial charge on any atom is -0.383 e. The van der Waals surface area contributed by atoms with Crippen LogP contribution in [0, 0.1) is 5.92 Å². The van der Waals surface area contributed by atoms with E-state index in [1.54, 1.807) is 17.7 Å². The third kappa shape index (κ3) is 4.55. The molecule has 4 N–H and O–H groups in total. The number of thiophene rings is 1. The quantitative estimate of drug-likeness (QED) is 0.268. The summed E-state index contributed by atoms with van der Waals surface area (Å²) in [6.07, 6.45) is 5.44. The van der Waals surface area contributed by atoms with Crippen molar-refractivity contribution in [3.63, 3.8) is 0 Å². The van der Waals surface area contributed by atoms with Gasteiger partial charge in [0.05, 0.1) is 17.1 Å². The van der Waals surface area contributed by atoms with Gasteiger partial charge in [0.1, 0.15) is 23.1 Å². The summed E-state index contributed by atoms with van der Waals surface area (Å²) in [6.45, 7) is 0.555. The van der Waals surface area contributed by atoms with E-state index in [2.05, 4.69) is 36.9 Å². The Morgan fingerprint density at radius 3 is 2.97 bits per heavy atom. The lowest BCUT2D eigenvalue weighted by atomic mass is 9.87. The van der Waals surface area contributed by atoms with Gasteiger partial charge in [-0.15, -0.1) is 11.3 Å². The lowest BCUT2D eigenvalue weighted by Gasteiger charge is -2.23. The van der Waals surface area contributed by atoms with Crippen molar-refractivity contribution in [2.24, 2.45) is 5.92 Å². The number of nitrogens with zero attached hydrogens (tertiary/aromatic N) is 3. The number of carbonyl (C=O) groups is 1. The summed E-state index contributed by atoms with van der Waals surface area (Å²) in [6, 6.07) is 15.6. The second-order valence-corrected chi connectivity index (χ2v) is 10.3. The average Bonchev–Trinajstić information content (AvgIpc) is 3.52. The Balaban J connectivity index is 1.14. The molecule has 6 rings (SSSR count). The topological polar surface area (TPSA) is 116 Å². The molecule has 9 heteroatoms. The van der Waals surface area contributed by atoms with Crippen molar-refractivity contribution in [2.75, 3.05) is 11.9 Å². The molecule has 182 valence electrons. The third-order valence-electron chi connectivity index (χ3n) is 6.79. The highest BCUT2D eigenvalue weighted by atomic mass is 32.1. The third-order valence-corrected chi connectivity index (χ3v) is 7.95. The van der Waals surface area contributed by atoms with Crippen LogP contribution in [0.2, 0.25) is 0 Å². The predicted octanol–water partition coefficient (Wildman–Crippen LogP) is 4.14. The van der Waals surface area contributed by atoms with Crippen molar-refractivity contribution < 1.29 is 9.90 Å². The molecule has 0 aliphatic heterocycles. The molecule has 5 aromatic rings. The molecule has 3 heterocycles. The number of anilines is 2. The van der Waals surface area contributed by atoms with Crippen molar-refractivity contribution in [3.05, 3.63) is 77.1 Å². The predicted molar refractivity (Wildman–Crippen MR) is 141 cm³/mol. The first-order chi connectivity index (χ1) is 17.6. The van der Waals surface area contributed by atoms with Crippen LogP contribution in [0.4, 0.5) is 11.5 Å². The number of hydrogen-bond donors (Lipinski definition) is 4. The zero-order chi connectivity index (χ0) is 24.5. The van der Waals surface area contributed by atoms with Crippen molar-refractivity contribution in [1.82, 2.24) is 25.5 Å². The first kappa shape index (κ1) is 22.6. The second-order valence-electron chi connectivity index (χ2n) is 9.26. The van der Waals surface area contributed by atoms with Gasteiger partial charge in [0.2, 0.25) is 5.91 Å². The second kappa shape index (κ2) is 9.67. The highest BCUT2D eigenvalue weighted by Gasteiger charge is 2.26. The number of aliphatic hydroxyl groups is 1. The maximum Gasteiger partial charge on any atom is 0.249 e. The van der Waals surface area contributed by atoms with E-state index < -0.39 is 6.10 Å². The van der Waals surface area contributed by atoms with Crippen molar-refractivity contribution in [3.8, 4) is 0 Å². The van der Waals surface area contributed by atoms with Crippen LogP contribution in [0.25, 0.3) is 21.1 Å². The Bertz CT molecular complexity index is 1530. The van der Waals surface area contributed by atoms with Crippen LogP contribution in [-0.2, 0) is 24.1 Å². The molecular weight excluding hydrogens is 472 g/mol. The maximum atomic E-state index is 12.5. The van der Waals surface area contributed by atoms with Gasteiger partial charge in [0.15, 0.2) is 0 Å². The molecule has 3 aromatic heterocycles. The normalized spacial score (nSPS) is 16.1. The van der Waals surface area contributed by atoms with Gasteiger partial charge >= 0.3 is 0 Å². The molecule has 0 spiro atoms. The van der Waals surface area contributed by atoms with Crippen LogP contribution >= 0.6 is 11.3 Å². The van der Waals surface area contributed by atoms with Gasteiger partial charge in [-0.25, -0.2) is 9.97 Å². The molecule has 1 amide bonds. The lowest BCUT2D eigenvalue weighted by molar-refractivity contribution is -0.129. The summed E-state index contributed by atoms with van der Waals surface area (Å²) < 4.78 is 0. The van der Waals surface area contributed by atoms with Gasteiger partial charge in [0, 0.05) is 28.9 Å². The van der Waals surface area contributed by atoms with Gasteiger partial charge in [-0.3, -0.25) is 9.89 Å². The van der Waals surface area contributed by atoms with Gasteiger partial charge in [0.25, 0.3) is 0 Å². The van der Waals surface area contributed by atoms with E-state index in [1.165, 1.54) is 10.4 Å². The van der Waals surface area contributed by atoms with Crippen molar-refractivity contribution >= 4 is 49.9 Å². The first-order valence-corrected chi connectivity index (χ1v) is 12.9. The van der Waals surface area contributed by atoms with E-state index in [4.69, 9.17) is 0 Å². The Morgan fingerprint density at radius 2 is 2.08 bits per heavy atom. The van der Waals surface area contributed by atoms with E-state index in [0.29, 0.717) is 18.9 Å². The van der Waals surface area contributed by atoms with Crippen LogP contribution in [0.3, 0.4) is 0 Å². The summed E-state index contributed by atoms with van der Waals surface area (Å²) in [5.74, 6) is 0.829. The fourth-order valence-electron chi connectivity index (χ4n) is 4.90. The molecule has 36 heavy (non-hydrogen) atoms. The molecule has 1 unspecified atom stereocenters. The van der Waals surface area contributed by atoms with Crippen LogP contribution in [0.1, 0.15) is 22.4 Å². The number of hydrogen-bond acceptors (Lipinski definition) is 7. The number of benzene rings is 2. The van der Waals surface area contributed by atoms with Gasteiger partial charge in [-0.1, -0.05) is 30.3 Å². The van der Waals surface area contributed by atoms with E-state index in [1.807, 2.05) is 48.7 Å². The summed E-state index contributed by atoms with van der Waals surface area (Å²) in [5.41, 5.74) is 4.19. The molecule has 8 nitrogen and oxygen atoms in total. The minimum absolute atomic E-state index is 0.312. The number of rotatable bonds is 7. The number of fused-ring (bicyclic) bond motifs is 4. The molecule has 2 aromatic carbocycles. The summed E-state index contributed by atoms with van der Waals surface area (Å²) >= 11 is 1.71. The van der Waals surface area contributed by atoms with Crippen LogP contribution in [-0.4, -0.2) is 43.8 Å². The monoisotopic (exact) mass is 498 g/mol. The molecule has 0 saturated heterocycles. The van der Waals surface area contributed by atoms with Crippen LogP contribution < -0.4 is 10.6 Å². The summed E-state index contributed by atoms with van der Waals surface area (Å²) in [5, 5.41) is 25.9. The van der Waals surface area contributed by atoms with Crippen LogP contribution in [0.15, 0.2) is 61.1 Å². The number of carbonyl (C=O) groups excluding carboxylic acids is 1. The standard InChI is InChI=1S/C27H26N6O2S/c34-22(10-16-4-2-1-3-5-16)26(35)28-13-17-6-8-20-23(11-17)36-27-24(20)25(29-15-30-27)32-19-7-9-21-18(12-19)14-31-33-21/h1-5,7,9,12,14-15,17,22,34H,6,8,10-11,13H2,(H,28,35)(H,31,33)(H,29,30,32)/t17?,22-/m1/s1. The number of H-pyrrole nitrogens is 1.